The SMILES string of the molecule is Cc1ccc(NC(=O)[C@H]2CCCN(C(=O)c3c(C)cccc3F)[C@H]2c2ccc(N(C3CCCC3)P(=O)([O-])NCCc3cnc[nH]3)cc2)cc1C(F)(F)F.[Na+]. The van der Waals surface area contributed by atoms with Gasteiger partial charge in [-0.25, -0.2) is 9.37 Å². The Balaban J connectivity index is 0.00000561. The Labute approximate surface area is 334 Å². The first-order valence-electron chi connectivity index (χ1n) is 17.7. The summed E-state index contributed by atoms with van der Waals surface area (Å²) in [5.74, 6) is -2.87. The molecule has 1 saturated heterocycles. The number of anilines is 2. The summed E-state index contributed by atoms with van der Waals surface area (Å²) in [6, 6.07) is 13.3. The molecule has 6 rings (SSSR count). The molecule has 54 heavy (non-hydrogen) atoms. The third-order valence-corrected chi connectivity index (χ3v) is 11.9. The molecule has 3 atom stereocenters. The predicted molar refractivity (Wildman–Crippen MR) is 192 cm³/mol. The normalized spacial score (nSPS) is 18.8. The molecule has 10 nitrogen and oxygen atoms in total. The predicted octanol–water partition coefficient (Wildman–Crippen LogP) is 4.47. The van der Waals surface area contributed by atoms with E-state index in [1.165, 1.54) is 47.1 Å². The molecule has 4 aromatic rings. The third kappa shape index (κ3) is 9.29. The van der Waals surface area contributed by atoms with Crippen LogP contribution in [0.15, 0.2) is 73.2 Å². The van der Waals surface area contributed by atoms with Crippen LogP contribution in [-0.4, -0.2) is 45.8 Å². The van der Waals surface area contributed by atoms with Gasteiger partial charge in [-0.3, -0.25) is 19.2 Å². The van der Waals surface area contributed by atoms with Crippen LogP contribution in [0.5, 0.6) is 0 Å². The molecular weight excluding hydrogens is 734 g/mol. The van der Waals surface area contributed by atoms with Gasteiger partial charge in [-0.2, -0.15) is 13.2 Å². The maximum atomic E-state index is 15.2. The zero-order valence-electron chi connectivity index (χ0n) is 30.5. The second-order valence-electron chi connectivity index (χ2n) is 13.8. The van der Waals surface area contributed by atoms with Crippen LogP contribution in [0.1, 0.15) is 82.9 Å². The largest absolute Gasteiger partial charge is 1.00 e. The van der Waals surface area contributed by atoms with E-state index in [1.807, 2.05) is 0 Å². The molecule has 2 amide bonds. The Kier molecular flexibility index (Phi) is 13.5. The van der Waals surface area contributed by atoms with Crippen LogP contribution in [0.25, 0.3) is 0 Å². The smallest absolute Gasteiger partial charge is 0.771 e. The van der Waals surface area contributed by atoms with Crippen molar-refractivity contribution < 1.29 is 66.2 Å². The fourth-order valence-electron chi connectivity index (χ4n) is 7.58. The Bertz CT molecular complexity index is 1950. The first kappa shape index (κ1) is 41.6. The summed E-state index contributed by atoms with van der Waals surface area (Å²) in [5, 5.41) is 5.37. The number of hydrogen-bond acceptors (Lipinski definition) is 5. The van der Waals surface area contributed by atoms with Gasteiger partial charge in [0.1, 0.15) is 5.82 Å². The van der Waals surface area contributed by atoms with Gasteiger partial charge in [-0.1, -0.05) is 43.2 Å². The summed E-state index contributed by atoms with van der Waals surface area (Å²) >= 11 is 0. The topological polar surface area (TPSA) is 133 Å². The monoisotopic (exact) mass is 776 g/mol. The van der Waals surface area contributed by atoms with Crippen LogP contribution in [0.3, 0.4) is 0 Å². The minimum atomic E-state index is -4.63. The van der Waals surface area contributed by atoms with E-state index in [1.54, 1.807) is 43.5 Å². The Morgan fingerprint density at radius 3 is 2.39 bits per heavy atom. The minimum absolute atomic E-state index is 0. The van der Waals surface area contributed by atoms with Crippen LogP contribution < -0.4 is 49.5 Å². The average molecular weight is 777 g/mol. The molecule has 1 aliphatic heterocycles. The number of likely N-dealkylation sites (tertiary alicyclic amines) is 1. The second-order valence-corrected chi connectivity index (χ2v) is 15.6. The molecule has 1 aliphatic carbocycles. The van der Waals surface area contributed by atoms with Crippen molar-refractivity contribution in [3.8, 4) is 0 Å². The number of carbonyl (C=O) groups is 2. The van der Waals surface area contributed by atoms with E-state index in [4.69, 9.17) is 0 Å². The van der Waals surface area contributed by atoms with Gasteiger partial charge in [0.2, 0.25) is 5.91 Å². The quantitative estimate of drug-likeness (QED) is 0.116. The molecule has 3 aromatic carbocycles. The van der Waals surface area contributed by atoms with E-state index in [-0.39, 0.29) is 65.5 Å². The van der Waals surface area contributed by atoms with Crippen molar-refractivity contribution >= 4 is 30.9 Å². The minimum Gasteiger partial charge on any atom is -0.771 e. The molecule has 2 fully saturated rings. The number of aromatic amines is 1. The van der Waals surface area contributed by atoms with Crippen molar-refractivity contribution in [2.45, 2.75) is 77.1 Å². The maximum absolute atomic E-state index is 15.2. The number of benzene rings is 3. The molecule has 1 saturated carbocycles. The number of rotatable bonds is 11. The fourth-order valence-corrected chi connectivity index (χ4v) is 9.22. The van der Waals surface area contributed by atoms with Gasteiger partial charge in [0.25, 0.3) is 5.91 Å². The van der Waals surface area contributed by atoms with E-state index in [0.29, 0.717) is 48.9 Å². The number of imidazole rings is 1. The number of piperidine rings is 1. The van der Waals surface area contributed by atoms with E-state index in [9.17, 15) is 32.2 Å². The summed E-state index contributed by atoms with van der Waals surface area (Å²) < 4.78 is 71.6. The molecule has 3 N–H and O–H groups in total. The molecule has 1 aromatic heterocycles. The van der Waals surface area contributed by atoms with E-state index >= 15 is 4.39 Å². The van der Waals surface area contributed by atoms with Crippen LogP contribution in [-0.2, 0) is 22.0 Å². The summed E-state index contributed by atoms with van der Waals surface area (Å²) in [6.07, 6.45) is 2.74. The van der Waals surface area contributed by atoms with Gasteiger partial charge in [0.15, 0.2) is 7.67 Å². The summed E-state index contributed by atoms with van der Waals surface area (Å²) in [6.45, 7) is 3.29. The zero-order valence-corrected chi connectivity index (χ0v) is 33.4. The van der Waals surface area contributed by atoms with Crippen molar-refractivity contribution in [3.63, 3.8) is 0 Å². The van der Waals surface area contributed by atoms with Gasteiger partial charge in [-0.15, -0.1) is 0 Å². The average Bonchev–Trinajstić information content (AvgIpc) is 3.84. The first-order chi connectivity index (χ1) is 25.2. The van der Waals surface area contributed by atoms with Crippen LogP contribution in [0.4, 0.5) is 28.9 Å². The summed E-state index contributed by atoms with van der Waals surface area (Å²) in [4.78, 5) is 50.3. The van der Waals surface area contributed by atoms with E-state index < -0.39 is 49.0 Å². The molecular formula is C38H42F4N6NaO4P. The number of aromatic nitrogens is 2. The molecule has 282 valence electrons. The molecule has 0 spiro atoms. The molecule has 2 heterocycles. The summed E-state index contributed by atoms with van der Waals surface area (Å²) in [7, 11) is -4.36. The number of nitrogens with zero attached hydrogens (tertiary/aromatic N) is 3. The number of alkyl halides is 3. The van der Waals surface area contributed by atoms with Gasteiger partial charge in [-0.05, 0) is 86.6 Å². The van der Waals surface area contributed by atoms with Crippen molar-refractivity contribution in [1.82, 2.24) is 20.0 Å². The molecule has 2 aliphatic rings. The van der Waals surface area contributed by atoms with E-state index in [0.717, 1.165) is 24.6 Å². The molecule has 1 unspecified atom stereocenters. The number of aryl methyl sites for hydroxylation is 2. The van der Waals surface area contributed by atoms with Crippen molar-refractivity contribution in [1.29, 1.82) is 0 Å². The number of H-pyrrole nitrogens is 1. The van der Waals surface area contributed by atoms with Crippen molar-refractivity contribution in [3.05, 3.63) is 113 Å². The number of carbonyl (C=O) groups excluding carboxylic acids is 2. The van der Waals surface area contributed by atoms with Gasteiger partial charge in [0, 0.05) is 48.8 Å². The second kappa shape index (κ2) is 17.5. The van der Waals surface area contributed by atoms with Crippen molar-refractivity contribution in [2.24, 2.45) is 5.92 Å². The van der Waals surface area contributed by atoms with Crippen LogP contribution in [0.2, 0.25) is 0 Å². The van der Waals surface area contributed by atoms with Crippen LogP contribution in [0, 0.1) is 25.6 Å². The van der Waals surface area contributed by atoms with Crippen LogP contribution >= 0.6 is 7.67 Å². The molecule has 0 bridgehead atoms. The number of nitrogens with one attached hydrogen (secondary N) is 3. The Hall–Kier alpha value is -3.52. The van der Waals surface area contributed by atoms with E-state index in [2.05, 4.69) is 20.4 Å². The Morgan fingerprint density at radius 2 is 1.74 bits per heavy atom. The van der Waals surface area contributed by atoms with Gasteiger partial charge < -0.3 is 24.8 Å². The maximum Gasteiger partial charge on any atom is 1.00 e. The molecule has 16 heteroatoms. The zero-order chi connectivity index (χ0) is 37.9. The number of hydrogen-bond donors (Lipinski definition) is 3. The number of amides is 2. The number of halogens is 4. The van der Waals surface area contributed by atoms with Gasteiger partial charge >= 0.3 is 35.7 Å². The third-order valence-electron chi connectivity index (χ3n) is 10.2. The Morgan fingerprint density at radius 1 is 1.02 bits per heavy atom. The molecule has 0 radical (unpaired) electrons. The standard InChI is InChI=1S/C38H43F4N6O4P.Na/c1-24-12-15-27(21-32(24)38(40,41)42)46-36(49)31-10-6-20-47(37(50)34-25(2)7-5-11-33(34)39)35(31)26-13-16-30(17-14-26)48(29-8-3-4-9-29)53(51,52)45-19-18-28-22-43-23-44-28;/h5,7,11-17,21-23,29,31,35H,3-4,6,8-10,18-20H2,1-2H3,(H,43,44)(H,46,49)(H2,45,51,52);/q;+1/p-1/t31-,35-;/m0./s1. The van der Waals surface area contributed by atoms with Crippen molar-refractivity contribution in [2.75, 3.05) is 23.1 Å². The van der Waals surface area contributed by atoms with Gasteiger partial charge in [0.05, 0.1) is 29.4 Å². The first-order valence-corrected chi connectivity index (χ1v) is 19.3. The summed E-state index contributed by atoms with van der Waals surface area (Å²) in [5.41, 5.74) is 1.05. The fraction of sp³-hybridized carbons (Fsp3) is 0.395.